The predicted octanol–water partition coefficient (Wildman–Crippen LogP) is 0.308. The Kier molecular flexibility index (Phi) is 5.75. The van der Waals surface area contributed by atoms with Crippen LogP contribution < -0.4 is 0 Å². The molecular formula is C11H17N3O6. The van der Waals surface area contributed by atoms with E-state index in [0.717, 1.165) is 0 Å². The molecule has 1 N–H and O–H groups in total. The van der Waals surface area contributed by atoms with Crippen molar-refractivity contribution in [1.29, 1.82) is 0 Å². The number of aliphatic hydroxyl groups is 1. The third kappa shape index (κ3) is 4.09. The lowest BCUT2D eigenvalue weighted by Crippen LogP contribution is -2.58. The molecule has 0 aromatic rings. The van der Waals surface area contributed by atoms with Gasteiger partial charge in [-0.1, -0.05) is 5.11 Å². The Morgan fingerprint density at radius 3 is 2.55 bits per heavy atom. The van der Waals surface area contributed by atoms with Gasteiger partial charge in [-0.05, 0) is 12.5 Å². The number of rotatable bonds is 4. The molecule has 0 amide bonds. The van der Waals surface area contributed by atoms with Gasteiger partial charge in [0.25, 0.3) is 0 Å². The zero-order valence-electron chi connectivity index (χ0n) is 11.4. The zero-order chi connectivity index (χ0) is 15.3. The van der Waals surface area contributed by atoms with E-state index < -0.39 is 42.4 Å². The van der Waals surface area contributed by atoms with Gasteiger partial charge >= 0.3 is 11.9 Å². The van der Waals surface area contributed by atoms with Crippen LogP contribution in [0.2, 0.25) is 0 Å². The van der Waals surface area contributed by atoms with Gasteiger partial charge in [-0.2, -0.15) is 0 Å². The number of hydrogen-bond acceptors (Lipinski definition) is 7. The van der Waals surface area contributed by atoms with Gasteiger partial charge in [0.2, 0.25) is 0 Å². The van der Waals surface area contributed by atoms with Gasteiger partial charge in [-0.25, -0.2) is 0 Å². The van der Waals surface area contributed by atoms with E-state index in [4.69, 9.17) is 19.7 Å². The quantitative estimate of drug-likeness (QED) is 0.342. The smallest absolute Gasteiger partial charge is 0.303 e. The summed E-state index contributed by atoms with van der Waals surface area (Å²) in [4.78, 5) is 24.6. The largest absolute Gasteiger partial charge is 0.463 e. The summed E-state index contributed by atoms with van der Waals surface area (Å²) in [6.45, 7) is 3.82. The Morgan fingerprint density at radius 2 is 2.05 bits per heavy atom. The van der Waals surface area contributed by atoms with Gasteiger partial charge in [0.15, 0.2) is 0 Å². The molecule has 0 saturated carbocycles. The lowest BCUT2D eigenvalue weighted by molar-refractivity contribution is -0.205. The van der Waals surface area contributed by atoms with E-state index in [1.165, 1.54) is 13.8 Å². The topological polar surface area (TPSA) is 131 Å². The average molecular weight is 287 g/mol. The summed E-state index contributed by atoms with van der Waals surface area (Å²) in [6, 6.07) is -1.01. The highest BCUT2D eigenvalue weighted by Crippen LogP contribution is 2.26. The fourth-order valence-corrected chi connectivity index (χ4v) is 1.99. The molecule has 1 aliphatic heterocycles. The van der Waals surface area contributed by atoms with Crippen molar-refractivity contribution in [1.82, 2.24) is 0 Å². The second kappa shape index (κ2) is 7.09. The summed E-state index contributed by atoms with van der Waals surface area (Å²) < 4.78 is 15.3. The molecule has 112 valence electrons. The zero-order valence-corrected chi connectivity index (χ0v) is 11.4. The van der Waals surface area contributed by atoms with Crippen LogP contribution in [0.25, 0.3) is 10.4 Å². The average Bonchev–Trinajstić information content (AvgIpc) is 2.35. The first-order valence-electron chi connectivity index (χ1n) is 6.05. The Hall–Kier alpha value is -1.83. The Labute approximate surface area is 115 Å². The van der Waals surface area contributed by atoms with Crippen molar-refractivity contribution in [2.45, 2.75) is 51.2 Å². The molecule has 20 heavy (non-hydrogen) atoms. The van der Waals surface area contributed by atoms with Crippen LogP contribution in [0.4, 0.5) is 0 Å². The van der Waals surface area contributed by atoms with E-state index in [1.54, 1.807) is 6.92 Å². The van der Waals surface area contributed by atoms with Crippen molar-refractivity contribution in [3.63, 3.8) is 0 Å². The van der Waals surface area contributed by atoms with Gasteiger partial charge < -0.3 is 19.3 Å². The third-order valence-electron chi connectivity index (χ3n) is 2.86. The highest BCUT2D eigenvalue weighted by Gasteiger charge is 2.45. The molecule has 9 heteroatoms. The second-order valence-electron chi connectivity index (χ2n) is 4.44. The molecule has 0 aromatic heterocycles. The molecule has 0 aromatic carbocycles. The van der Waals surface area contributed by atoms with Gasteiger partial charge in [-0.3, -0.25) is 9.59 Å². The van der Waals surface area contributed by atoms with E-state index in [1.807, 2.05) is 0 Å². The molecule has 1 heterocycles. The second-order valence-corrected chi connectivity index (χ2v) is 4.44. The van der Waals surface area contributed by atoms with Crippen LogP contribution in [0.3, 0.4) is 0 Å². The van der Waals surface area contributed by atoms with Gasteiger partial charge in [-0.15, -0.1) is 0 Å². The molecule has 1 fully saturated rings. The summed E-state index contributed by atoms with van der Waals surface area (Å²) in [7, 11) is 0. The van der Waals surface area contributed by atoms with E-state index in [9.17, 15) is 14.7 Å². The molecule has 0 spiro atoms. The fraction of sp³-hybridized carbons (Fsp3) is 0.818. The third-order valence-corrected chi connectivity index (χ3v) is 2.86. The lowest BCUT2D eigenvalue weighted by atomic mass is 9.94. The van der Waals surface area contributed by atoms with Crippen molar-refractivity contribution in [2.24, 2.45) is 5.11 Å². The Bertz CT molecular complexity index is 422. The van der Waals surface area contributed by atoms with Crippen molar-refractivity contribution in [3.8, 4) is 0 Å². The minimum atomic E-state index is -1.12. The van der Waals surface area contributed by atoms with Crippen LogP contribution in [0.1, 0.15) is 20.8 Å². The van der Waals surface area contributed by atoms with Crippen LogP contribution in [0.5, 0.6) is 0 Å². The van der Waals surface area contributed by atoms with E-state index >= 15 is 0 Å². The Morgan fingerprint density at radius 1 is 1.40 bits per heavy atom. The van der Waals surface area contributed by atoms with Gasteiger partial charge in [0.1, 0.15) is 24.9 Å². The number of hydrogen-bond donors (Lipinski definition) is 1. The first-order chi connectivity index (χ1) is 9.36. The SMILES string of the molecule is CC(=O)OC[C@H]1OC(C)[C@H](O)C(N=[N+]=[N-])C1OC(C)=O. The number of aliphatic hydroxyl groups excluding tert-OH is 1. The maximum atomic E-state index is 11.1. The molecule has 9 nitrogen and oxygen atoms in total. The summed E-state index contributed by atoms with van der Waals surface area (Å²) in [5, 5.41) is 13.4. The van der Waals surface area contributed by atoms with Gasteiger partial charge in [0, 0.05) is 18.8 Å². The Balaban J connectivity index is 2.95. The number of carbonyl (C=O) groups is 2. The maximum absolute atomic E-state index is 11.1. The monoisotopic (exact) mass is 287 g/mol. The highest BCUT2D eigenvalue weighted by atomic mass is 16.6. The van der Waals surface area contributed by atoms with Crippen LogP contribution in [-0.4, -0.2) is 54.1 Å². The first kappa shape index (κ1) is 16.2. The number of carbonyl (C=O) groups excluding carboxylic acids is 2. The van der Waals surface area contributed by atoms with Crippen molar-refractivity contribution >= 4 is 11.9 Å². The summed E-state index contributed by atoms with van der Waals surface area (Å²) in [5.41, 5.74) is 8.56. The van der Waals surface area contributed by atoms with Crippen molar-refractivity contribution < 1.29 is 28.9 Å². The van der Waals surface area contributed by atoms with Crippen LogP contribution in [-0.2, 0) is 23.8 Å². The minimum Gasteiger partial charge on any atom is -0.463 e. The molecule has 0 aliphatic carbocycles. The van der Waals surface area contributed by atoms with Crippen LogP contribution in [0, 0.1) is 0 Å². The standard InChI is InChI=1S/C11H17N3O6/c1-5-10(17)9(13-14-12)11(20-7(3)16)8(19-5)4-18-6(2)15/h5,8-11,17H,4H2,1-3H3/t5?,8-,9?,10+,11?/m1/s1. The molecule has 0 bridgehead atoms. The number of nitrogens with zero attached hydrogens (tertiary/aromatic N) is 3. The minimum absolute atomic E-state index is 0.165. The van der Waals surface area contributed by atoms with Gasteiger partial charge in [0.05, 0.1) is 12.2 Å². The molecule has 0 radical (unpaired) electrons. The van der Waals surface area contributed by atoms with E-state index in [-0.39, 0.29) is 6.61 Å². The maximum Gasteiger partial charge on any atom is 0.303 e. The lowest BCUT2D eigenvalue weighted by Gasteiger charge is -2.41. The number of ether oxygens (including phenoxy) is 3. The van der Waals surface area contributed by atoms with E-state index in [0.29, 0.717) is 0 Å². The van der Waals surface area contributed by atoms with Crippen LogP contribution >= 0.6 is 0 Å². The summed E-state index contributed by atoms with van der Waals surface area (Å²) in [6.07, 6.45) is -3.60. The van der Waals surface area contributed by atoms with Crippen molar-refractivity contribution in [2.75, 3.05) is 6.61 Å². The predicted molar refractivity (Wildman–Crippen MR) is 65.5 cm³/mol. The van der Waals surface area contributed by atoms with E-state index in [2.05, 4.69) is 10.0 Å². The molecule has 1 saturated heterocycles. The molecule has 5 atom stereocenters. The van der Waals surface area contributed by atoms with Crippen LogP contribution in [0.15, 0.2) is 5.11 Å². The molecule has 3 unspecified atom stereocenters. The molecule has 1 aliphatic rings. The first-order valence-corrected chi connectivity index (χ1v) is 6.05. The fourth-order valence-electron chi connectivity index (χ4n) is 1.99. The number of esters is 2. The summed E-state index contributed by atoms with van der Waals surface area (Å²) >= 11 is 0. The molecular weight excluding hydrogens is 270 g/mol. The normalized spacial score (nSPS) is 32.9. The molecule has 1 rings (SSSR count). The summed E-state index contributed by atoms with van der Waals surface area (Å²) in [5.74, 6) is -1.14. The number of azide groups is 1. The highest BCUT2D eigenvalue weighted by molar-refractivity contribution is 5.66. The van der Waals surface area contributed by atoms with Crippen molar-refractivity contribution in [3.05, 3.63) is 10.4 Å².